The van der Waals surface area contributed by atoms with Crippen molar-refractivity contribution in [3.8, 4) is 0 Å². The zero-order chi connectivity index (χ0) is 13.2. The predicted octanol–water partition coefficient (Wildman–Crippen LogP) is 1.91. The molecule has 1 fully saturated rings. The molecule has 3 rings (SSSR count). The summed E-state index contributed by atoms with van der Waals surface area (Å²) < 4.78 is 2.07. The lowest BCUT2D eigenvalue weighted by molar-refractivity contribution is 0.241. The summed E-state index contributed by atoms with van der Waals surface area (Å²) in [5, 5.41) is 3.51. The Labute approximate surface area is 114 Å². The molecule has 0 aliphatic heterocycles. The van der Waals surface area contributed by atoms with Gasteiger partial charge < -0.3 is 9.72 Å². The number of imidazole rings is 1. The fraction of sp³-hybridized carbons (Fsp3) is 0.533. The number of nitrogens with zero attached hydrogens (tertiary/aromatic N) is 3. The van der Waals surface area contributed by atoms with Crippen molar-refractivity contribution >= 4 is 5.65 Å². The number of hydrogen-bond donors (Lipinski definition) is 1. The topological polar surface area (TPSA) is 32.6 Å². The predicted molar refractivity (Wildman–Crippen MR) is 77.1 cm³/mol. The highest BCUT2D eigenvalue weighted by Gasteiger charge is 2.28. The molecule has 1 aliphatic rings. The van der Waals surface area contributed by atoms with Crippen LogP contribution in [-0.4, -0.2) is 40.0 Å². The minimum absolute atomic E-state index is 0.588. The van der Waals surface area contributed by atoms with Gasteiger partial charge in [0.25, 0.3) is 0 Å². The second-order valence-electron chi connectivity index (χ2n) is 5.57. The van der Waals surface area contributed by atoms with Crippen LogP contribution in [0.2, 0.25) is 0 Å². The van der Waals surface area contributed by atoms with Crippen molar-refractivity contribution in [1.82, 2.24) is 19.6 Å². The van der Waals surface area contributed by atoms with Crippen LogP contribution in [0.15, 0.2) is 30.6 Å². The number of likely N-dealkylation sites (N-methyl/N-ethyl adjacent to an activating group) is 1. The Bertz CT molecular complexity index is 511. The SMILES string of the molecule is CC(CNCc1cn2ccccc2n1)N(C)C1CC1. The van der Waals surface area contributed by atoms with Crippen molar-refractivity contribution in [2.24, 2.45) is 0 Å². The maximum atomic E-state index is 4.59. The van der Waals surface area contributed by atoms with Crippen molar-refractivity contribution < 1.29 is 0 Å². The summed E-state index contributed by atoms with van der Waals surface area (Å²) in [6, 6.07) is 7.49. The molecule has 1 saturated carbocycles. The van der Waals surface area contributed by atoms with E-state index in [4.69, 9.17) is 0 Å². The molecule has 102 valence electrons. The first kappa shape index (κ1) is 12.6. The van der Waals surface area contributed by atoms with Gasteiger partial charge in [0.1, 0.15) is 5.65 Å². The molecular weight excluding hydrogens is 236 g/mol. The van der Waals surface area contributed by atoms with Crippen LogP contribution in [0.25, 0.3) is 5.65 Å². The van der Waals surface area contributed by atoms with Crippen molar-refractivity contribution in [2.45, 2.75) is 38.4 Å². The number of fused-ring (bicyclic) bond motifs is 1. The van der Waals surface area contributed by atoms with Crippen molar-refractivity contribution in [2.75, 3.05) is 13.6 Å². The monoisotopic (exact) mass is 258 g/mol. The van der Waals surface area contributed by atoms with Crippen LogP contribution >= 0.6 is 0 Å². The zero-order valence-corrected chi connectivity index (χ0v) is 11.7. The fourth-order valence-electron chi connectivity index (χ4n) is 2.47. The molecule has 1 unspecified atom stereocenters. The van der Waals surface area contributed by atoms with Crippen LogP contribution < -0.4 is 5.32 Å². The lowest BCUT2D eigenvalue weighted by Gasteiger charge is -2.24. The number of hydrogen-bond acceptors (Lipinski definition) is 3. The molecule has 2 aromatic rings. The average molecular weight is 258 g/mol. The van der Waals surface area contributed by atoms with E-state index in [2.05, 4.69) is 39.8 Å². The number of nitrogens with one attached hydrogen (secondary N) is 1. The van der Waals surface area contributed by atoms with Crippen LogP contribution in [0.1, 0.15) is 25.5 Å². The van der Waals surface area contributed by atoms with Crippen LogP contribution in [-0.2, 0) is 6.54 Å². The van der Waals surface area contributed by atoms with Gasteiger partial charge in [0.05, 0.1) is 5.69 Å². The molecule has 2 aromatic heterocycles. The first-order valence-corrected chi connectivity index (χ1v) is 7.09. The Kier molecular flexibility index (Phi) is 3.53. The van der Waals surface area contributed by atoms with E-state index in [9.17, 15) is 0 Å². The molecule has 1 N–H and O–H groups in total. The lowest BCUT2D eigenvalue weighted by atomic mass is 10.3. The van der Waals surface area contributed by atoms with Gasteiger partial charge in [0, 0.05) is 37.6 Å². The number of rotatable bonds is 6. The van der Waals surface area contributed by atoms with Gasteiger partial charge in [-0.05, 0) is 38.9 Å². The molecule has 4 heteroatoms. The third-order valence-electron chi connectivity index (χ3n) is 3.98. The van der Waals surface area contributed by atoms with Gasteiger partial charge in [-0.2, -0.15) is 0 Å². The summed E-state index contributed by atoms with van der Waals surface area (Å²) in [5.74, 6) is 0. The molecule has 0 amide bonds. The standard InChI is InChI=1S/C15H22N4/c1-12(18(2)14-6-7-14)9-16-10-13-11-19-8-4-3-5-15(19)17-13/h3-5,8,11-12,14,16H,6-7,9-10H2,1-2H3. The van der Waals surface area contributed by atoms with Gasteiger partial charge >= 0.3 is 0 Å². The lowest BCUT2D eigenvalue weighted by Crippen LogP contribution is -2.38. The van der Waals surface area contributed by atoms with E-state index >= 15 is 0 Å². The van der Waals surface area contributed by atoms with Crippen LogP contribution in [0.3, 0.4) is 0 Å². The van der Waals surface area contributed by atoms with E-state index in [1.54, 1.807) is 0 Å². The zero-order valence-electron chi connectivity index (χ0n) is 11.7. The maximum absolute atomic E-state index is 4.59. The fourth-order valence-corrected chi connectivity index (χ4v) is 2.47. The van der Waals surface area contributed by atoms with Crippen LogP contribution in [0.4, 0.5) is 0 Å². The number of pyridine rings is 1. The minimum Gasteiger partial charge on any atom is -0.310 e. The first-order chi connectivity index (χ1) is 9.24. The normalized spacial score (nSPS) is 17.2. The van der Waals surface area contributed by atoms with Crippen LogP contribution in [0.5, 0.6) is 0 Å². The van der Waals surface area contributed by atoms with E-state index in [0.717, 1.165) is 30.5 Å². The Hall–Kier alpha value is -1.39. The molecule has 19 heavy (non-hydrogen) atoms. The largest absolute Gasteiger partial charge is 0.310 e. The summed E-state index contributed by atoms with van der Waals surface area (Å²) in [6.07, 6.45) is 6.87. The Morgan fingerprint density at radius 3 is 3.05 bits per heavy atom. The van der Waals surface area contributed by atoms with Crippen molar-refractivity contribution in [3.05, 3.63) is 36.3 Å². The third kappa shape index (κ3) is 2.96. The van der Waals surface area contributed by atoms with E-state index in [0.29, 0.717) is 6.04 Å². The molecule has 0 bridgehead atoms. The Morgan fingerprint density at radius 1 is 1.47 bits per heavy atom. The van der Waals surface area contributed by atoms with E-state index in [1.165, 1.54) is 12.8 Å². The molecule has 4 nitrogen and oxygen atoms in total. The molecule has 0 radical (unpaired) electrons. The Morgan fingerprint density at radius 2 is 2.32 bits per heavy atom. The highest BCUT2D eigenvalue weighted by atomic mass is 15.2. The van der Waals surface area contributed by atoms with Gasteiger partial charge in [0.15, 0.2) is 0 Å². The second kappa shape index (κ2) is 5.31. The second-order valence-corrected chi connectivity index (χ2v) is 5.57. The summed E-state index contributed by atoms with van der Waals surface area (Å²) in [7, 11) is 2.23. The van der Waals surface area contributed by atoms with E-state index in [1.807, 2.05) is 24.4 Å². The van der Waals surface area contributed by atoms with Crippen molar-refractivity contribution in [1.29, 1.82) is 0 Å². The number of aromatic nitrogens is 2. The third-order valence-corrected chi connectivity index (χ3v) is 3.98. The van der Waals surface area contributed by atoms with Crippen LogP contribution in [0, 0.1) is 0 Å². The smallest absolute Gasteiger partial charge is 0.137 e. The molecule has 0 spiro atoms. The van der Waals surface area contributed by atoms with Gasteiger partial charge in [-0.25, -0.2) is 4.98 Å². The van der Waals surface area contributed by atoms with Gasteiger partial charge in [-0.1, -0.05) is 6.07 Å². The summed E-state index contributed by atoms with van der Waals surface area (Å²) in [4.78, 5) is 7.07. The summed E-state index contributed by atoms with van der Waals surface area (Å²) in [5.41, 5.74) is 2.12. The Balaban J connectivity index is 1.51. The highest BCUT2D eigenvalue weighted by molar-refractivity contribution is 5.39. The summed E-state index contributed by atoms with van der Waals surface area (Å²) >= 11 is 0. The maximum Gasteiger partial charge on any atom is 0.137 e. The van der Waals surface area contributed by atoms with Gasteiger partial charge in [0.2, 0.25) is 0 Å². The minimum atomic E-state index is 0.588. The average Bonchev–Trinajstić information content (AvgIpc) is 3.17. The first-order valence-electron chi connectivity index (χ1n) is 7.09. The molecular formula is C15H22N4. The van der Waals surface area contributed by atoms with E-state index in [-0.39, 0.29) is 0 Å². The summed E-state index contributed by atoms with van der Waals surface area (Å²) in [6.45, 7) is 4.14. The molecule has 0 saturated heterocycles. The quantitative estimate of drug-likeness (QED) is 0.859. The molecule has 1 aliphatic carbocycles. The van der Waals surface area contributed by atoms with Gasteiger partial charge in [-0.3, -0.25) is 4.90 Å². The van der Waals surface area contributed by atoms with E-state index < -0.39 is 0 Å². The van der Waals surface area contributed by atoms with Gasteiger partial charge in [-0.15, -0.1) is 0 Å². The van der Waals surface area contributed by atoms with Crippen molar-refractivity contribution in [3.63, 3.8) is 0 Å². The molecule has 1 atom stereocenters. The molecule has 0 aromatic carbocycles. The highest BCUT2D eigenvalue weighted by Crippen LogP contribution is 2.26. The molecule has 2 heterocycles.